The number of rotatable bonds is 1. The topological polar surface area (TPSA) is 57.3 Å². The number of hydrogen-bond donors (Lipinski definition) is 2. The quantitative estimate of drug-likeness (QED) is 0.828. The molecule has 1 saturated heterocycles. The minimum atomic E-state index is -0.0981. The zero-order valence-electron chi connectivity index (χ0n) is 12.9. The number of anilines is 1. The standard InChI is InChI=1S/C15H24N4O/c1-11-7-6-8-12(16-11)17-13(20)19-9-14(2,3)18-15(4,5)10-19/h6-8,18H,9-10H2,1-5H3,(H,16,17,20). The normalized spacial score (nSPS) is 20.6. The van der Waals surface area contributed by atoms with Gasteiger partial charge >= 0.3 is 6.03 Å². The van der Waals surface area contributed by atoms with E-state index in [1.807, 2.05) is 30.0 Å². The van der Waals surface area contributed by atoms with Crippen LogP contribution in [-0.4, -0.2) is 40.1 Å². The predicted molar refractivity (Wildman–Crippen MR) is 80.9 cm³/mol. The summed E-state index contributed by atoms with van der Waals surface area (Å²) in [7, 11) is 0. The van der Waals surface area contributed by atoms with Gasteiger partial charge < -0.3 is 10.2 Å². The molecule has 1 aromatic rings. The molecule has 0 unspecified atom stereocenters. The molecule has 5 nitrogen and oxygen atoms in total. The fraction of sp³-hybridized carbons (Fsp3) is 0.600. The second-order valence-corrected chi connectivity index (χ2v) is 6.84. The van der Waals surface area contributed by atoms with Gasteiger partial charge in [0.05, 0.1) is 0 Å². The van der Waals surface area contributed by atoms with Crippen LogP contribution in [0.2, 0.25) is 0 Å². The highest BCUT2D eigenvalue weighted by atomic mass is 16.2. The summed E-state index contributed by atoms with van der Waals surface area (Å²) in [4.78, 5) is 18.6. The summed E-state index contributed by atoms with van der Waals surface area (Å²) in [5.74, 6) is 0.601. The van der Waals surface area contributed by atoms with E-state index in [2.05, 4.69) is 43.3 Å². The Hall–Kier alpha value is -1.62. The summed E-state index contributed by atoms with van der Waals surface area (Å²) >= 11 is 0. The molecule has 1 aliphatic heterocycles. The molecule has 0 saturated carbocycles. The third-order valence-corrected chi connectivity index (χ3v) is 3.26. The van der Waals surface area contributed by atoms with E-state index in [1.165, 1.54) is 0 Å². The van der Waals surface area contributed by atoms with E-state index in [-0.39, 0.29) is 17.1 Å². The fourth-order valence-electron chi connectivity index (χ4n) is 2.95. The van der Waals surface area contributed by atoms with Gasteiger partial charge in [-0.25, -0.2) is 9.78 Å². The predicted octanol–water partition coefficient (Wildman–Crippen LogP) is 2.38. The molecule has 1 aliphatic rings. The smallest absolute Gasteiger partial charge is 0.321 e. The number of nitrogens with one attached hydrogen (secondary N) is 2. The maximum absolute atomic E-state index is 12.4. The van der Waals surface area contributed by atoms with Gasteiger partial charge in [-0.15, -0.1) is 0 Å². The van der Waals surface area contributed by atoms with Gasteiger partial charge in [0.25, 0.3) is 0 Å². The van der Waals surface area contributed by atoms with Crippen molar-refractivity contribution < 1.29 is 4.79 Å². The van der Waals surface area contributed by atoms with Crippen molar-refractivity contribution in [3.05, 3.63) is 23.9 Å². The lowest BCUT2D eigenvalue weighted by atomic mass is 9.92. The lowest BCUT2D eigenvalue weighted by molar-refractivity contribution is 0.102. The minimum absolute atomic E-state index is 0.0919. The molecule has 0 aromatic carbocycles. The summed E-state index contributed by atoms with van der Waals surface area (Å²) in [5, 5.41) is 6.43. The molecule has 0 bridgehead atoms. The Morgan fingerprint density at radius 1 is 1.25 bits per heavy atom. The largest absolute Gasteiger partial charge is 0.323 e. The van der Waals surface area contributed by atoms with E-state index in [0.717, 1.165) is 5.69 Å². The molecule has 20 heavy (non-hydrogen) atoms. The second kappa shape index (κ2) is 5.05. The van der Waals surface area contributed by atoms with Gasteiger partial charge in [-0.3, -0.25) is 5.32 Å². The summed E-state index contributed by atoms with van der Waals surface area (Å²) in [6.07, 6.45) is 0. The van der Waals surface area contributed by atoms with Gasteiger partial charge in [-0.1, -0.05) is 6.07 Å². The molecule has 0 radical (unpaired) electrons. The number of carbonyl (C=O) groups is 1. The van der Waals surface area contributed by atoms with Crippen LogP contribution in [0.1, 0.15) is 33.4 Å². The van der Waals surface area contributed by atoms with Crippen LogP contribution >= 0.6 is 0 Å². The molecule has 1 fully saturated rings. The van der Waals surface area contributed by atoms with E-state index in [4.69, 9.17) is 0 Å². The molecule has 0 aliphatic carbocycles. The third kappa shape index (κ3) is 3.70. The SMILES string of the molecule is Cc1cccc(NC(=O)N2CC(C)(C)NC(C)(C)C2)n1. The van der Waals surface area contributed by atoms with Gasteiger partial charge in [-0.2, -0.15) is 0 Å². The first-order valence-electron chi connectivity index (χ1n) is 6.96. The summed E-state index contributed by atoms with van der Waals surface area (Å²) in [6.45, 7) is 11.7. The van der Waals surface area contributed by atoms with Gasteiger partial charge in [0, 0.05) is 29.9 Å². The highest BCUT2D eigenvalue weighted by molar-refractivity contribution is 5.88. The number of piperazine rings is 1. The molecule has 110 valence electrons. The molecule has 2 amide bonds. The molecule has 2 rings (SSSR count). The maximum atomic E-state index is 12.4. The number of carbonyl (C=O) groups excluding carboxylic acids is 1. The monoisotopic (exact) mass is 276 g/mol. The maximum Gasteiger partial charge on any atom is 0.323 e. The van der Waals surface area contributed by atoms with Crippen molar-refractivity contribution in [2.45, 2.75) is 45.7 Å². The van der Waals surface area contributed by atoms with Gasteiger partial charge in [0.15, 0.2) is 0 Å². The van der Waals surface area contributed by atoms with E-state index in [1.54, 1.807) is 0 Å². The lowest BCUT2D eigenvalue weighted by Gasteiger charge is -2.48. The van der Waals surface area contributed by atoms with Crippen LogP contribution in [-0.2, 0) is 0 Å². The number of aryl methyl sites for hydroxylation is 1. The van der Waals surface area contributed by atoms with Gasteiger partial charge in [-0.05, 0) is 46.8 Å². The molecule has 0 atom stereocenters. The van der Waals surface area contributed by atoms with Crippen molar-refractivity contribution in [2.75, 3.05) is 18.4 Å². The van der Waals surface area contributed by atoms with Crippen LogP contribution in [0.4, 0.5) is 10.6 Å². The van der Waals surface area contributed by atoms with Crippen molar-refractivity contribution in [3.8, 4) is 0 Å². The number of hydrogen-bond acceptors (Lipinski definition) is 3. The second-order valence-electron chi connectivity index (χ2n) is 6.84. The Bertz CT molecular complexity index is 494. The van der Waals surface area contributed by atoms with Crippen molar-refractivity contribution in [2.24, 2.45) is 0 Å². The van der Waals surface area contributed by atoms with Crippen molar-refractivity contribution in [1.29, 1.82) is 0 Å². The first kappa shape index (κ1) is 14.8. The number of nitrogens with zero attached hydrogens (tertiary/aromatic N) is 2. The number of pyridine rings is 1. The zero-order valence-corrected chi connectivity index (χ0v) is 12.9. The number of aromatic nitrogens is 1. The van der Waals surface area contributed by atoms with Crippen LogP contribution in [0.15, 0.2) is 18.2 Å². The van der Waals surface area contributed by atoms with Crippen molar-refractivity contribution in [1.82, 2.24) is 15.2 Å². The Morgan fingerprint density at radius 3 is 2.40 bits per heavy atom. The van der Waals surface area contributed by atoms with Crippen molar-refractivity contribution in [3.63, 3.8) is 0 Å². The Kier molecular flexibility index (Phi) is 3.73. The van der Waals surface area contributed by atoms with E-state index in [0.29, 0.717) is 18.9 Å². The highest BCUT2D eigenvalue weighted by Crippen LogP contribution is 2.21. The average Bonchev–Trinajstić information content (AvgIpc) is 2.24. The lowest BCUT2D eigenvalue weighted by Crippen LogP contribution is -2.68. The molecular weight excluding hydrogens is 252 g/mol. The number of amides is 2. The van der Waals surface area contributed by atoms with E-state index < -0.39 is 0 Å². The third-order valence-electron chi connectivity index (χ3n) is 3.26. The first-order valence-corrected chi connectivity index (χ1v) is 6.96. The summed E-state index contributed by atoms with van der Waals surface area (Å²) < 4.78 is 0. The summed E-state index contributed by atoms with van der Waals surface area (Å²) in [6, 6.07) is 5.52. The highest BCUT2D eigenvalue weighted by Gasteiger charge is 2.38. The van der Waals surface area contributed by atoms with Crippen LogP contribution < -0.4 is 10.6 Å². The van der Waals surface area contributed by atoms with Crippen LogP contribution in [0, 0.1) is 6.92 Å². The Labute approximate surface area is 120 Å². The van der Waals surface area contributed by atoms with Gasteiger partial charge in [0.2, 0.25) is 0 Å². The van der Waals surface area contributed by atoms with E-state index in [9.17, 15) is 4.79 Å². The Balaban J connectivity index is 2.09. The molecule has 5 heteroatoms. The molecule has 2 heterocycles. The van der Waals surface area contributed by atoms with Crippen LogP contribution in [0.5, 0.6) is 0 Å². The Morgan fingerprint density at radius 2 is 1.85 bits per heavy atom. The molecule has 0 spiro atoms. The average molecular weight is 276 g/mol. The van der Waals surface area contributed by atoms with Crippen LogP contribution in [0.3, 0.4) is 0 Å². The number of urea groups is 1. The first-order chi connectivity index (χ1) is 9.17. The van der Waals surface area contributed by atoms with E-state index >= 15 is 0 Å². The molecule has 1 aromatic heterocycles. The minimum Gasteiger partial charge on any atom is -0.321 e. The van der Waals surface area contributed by atoms with Gasteiger partial charge in [0.1, 0.15) is 5.82 Å². The summed E-state index contributed by atoms with van der Waals surface area (Å²) in [5.41, 5.74) is 0.696. The molecular formula is C15H24N4O. The van der Waals surface area contributed by atoms with Crippen LogP contribution in [0.25, 0.3) is 0 Å². The van der Waals surface area contributed by atoms with Crippen molar-refractivity contribution >= 4 is 11.8 Å². The molecule has 2 N–H and O–H groups in total. The fourth-order valence-corrected chi connectivity index (χ4v) is 2.95. The zero-order chi connectivity index (χ0) is 15.0.